The molecule has 0 heterocycles. The van der Waals surface area contributed by atoms with Gasteiger partial charge in [0.25, 0.3) is 0 Å². The molecule has 0 atom stereocenters. The molecule has 1 saturated carbocycles. The Morgan fingerprint density at radius 1 is 0.913 bits per heavy atom. The van der Waals surface area contributed by atoms with Crippen LogP contribution in [0.3, 0.4) is 0 Å². The van der Waals surface area contributed by atoms with Crippen molar-refractivity contribution in [3.8, 4) is 0 Å². The van der Waals surface area contributed by atoms with E-state index in [1.165, 1.54) is 50.5 Å². The molecular weight excluding hydrogens is 294 g/mol. The molecule has 2 rings (SSSR count). The molecule has 0 saturated heterocycles. The van der Waals surface area contributed by atoms with Crippen molar-refractivity contribution in [2.75, 3.05) is 5.32 Å². The molecule has 3 N–H and O–H groups in total. The van der Waals surface area contributed by atoms with Crippen LogP contribution >= 0.6 is 0 Å². The van der Waals surface area contributed by atoms with Crippen molar-refractivity contribution in [1.82, 2.24) is 0 Å². The molecule has 1 fully saturated rings. The number of benzene rings is 1. The normalized spacial score (nSPS) is 16.0. The number of hydrogen-bond donors (Lipinski definition) is 3. The minimum Gasteiger partial charge on any atom is -0.477 e. The number of nitrogens with one attached hydrogen (secondary N) is 1. The van der Waals surface area contributed by atoms with Crippen LogP contribution in [0, 0.1) is 0 Å². The first-order chi connectivity index (χ1) is 11.1. The lowest BCUT2D eigenvalue weighted by Gasteiger charge is -2.20. The summed E-state index contributed by atoms with van der Waals surface area (Å²) in [5, 5.41) is 20.3. The summed E-state index contributed by atoms with van der Waals surface area (Å²) in [5.41, 5.74) is 1.30. The van der Waals surface area contributed by atoms with E-state index in [1.54, 1.807) is 0 Å². The second-order valence-electron chi connectivity index (χ2n) is 5.98. The van der Waals surface area contributed by atoms with Gasteiger partial charge in [0, 0.05) is 11.9 Å². The van der Waals surface area contributed by atoms with Crippen LogP contribution in [-0.4, -0.2) is 22.2 Å². The summed E-state index contributed by atoms with van der Waals surface area (Å²) in [5.74, 6) is -2.33. The van der Waals surface area contributed by atoms with Gasteiger partial charge < -0.3 is 15.5 Å². The second kappa shape index (κ2) is 8.36. The molecule has 1 aliphatic rings. The topological polar surface area (TPSA) is 86.6 Å². The lowest BCUT2D eigenvalue weighted by molar-refractivity contribution is -0.140. The smallest absolute Gasteiger partial charge is 0.344 e. The minimum atomic E-state index is -1.46. The monoisotopic (exact) mass is 317 g/mol. The largest absolute Gasteiger partial charge is 0.477 e. The van der Waals surface area contributed by atoms with Crippen molar-refractivity contribution < 1.29 is 19.8 Å². The van der Waals surface area contributed by atoms with Crippen molar-refractivity contribution in [3.63, 3.8) is 0 Å². The number of carbonyl (C=O) groups is 2. The van der Waals surface area contributed by atoms with Crippen LogP contribution in [-0.2, 0) is 9.59 Å². The Morgan fingerprint density at radius 2 is 1.43 bits per heavy atom. The molecule has 0 amide bonds. The third-order valence-electron chi connectivity index (χ3n) is 4.33. The van der Waals surface area contributed by atoms with Crippen LogP contribution in [0.5, 0.6) is 0 Å². The second-order valence-corrected chi connectivity index (χ2v) is 5.98. The minimum absolute atomic E-state index is 0.591. The van der Waals surface area contributed by atoms with Gasteiger partial charge in [0.15, 0.2) is 5.57 Å². The molecule has 0 spiro atoms. The fraction of sp³-hybridized carbons (Fsp3) is 0.444. The van der Waals surface area contributed by atoms with Crippen molar-refractivity contribution in [3.05, 3.63) is 41.6 Å². The van der Waals surface area contributed by atoms with Gasteiger partial charge in [-0.15, -0.1) is 0 Å². The van der Waals surface area contributed by atoms with Crippen molar-refractivity contribution in [2.45, 2.75) is 50.9 Å². The molecule has 124 valence electrons. The zero-order valence-corrected chi connectivity index (χ0v) is 13.1. The summed E-state index contributed by atoms with van der Waals surface area (Å²) < 4.78 is 0. The van der Waals surface area contributed by atoms with Crippen LogP contribution in [0.1, 0.15) is 56.4 Å². The first-order valence-electron chi connectivity index (χ1n) is 8.11. The van der Waals surface area contributed by atoms with Gasteiger partial charge >= 0.3 is 11.9 Å². The fourth-order valence-corrected chi connectivity index (χ4v) is 3.01. The third-order valence-corrected chi connectivity index (χ3v) is 4.33. The van der Waals surface area contributed by atoms with Gasteiger partial charge in [-0.3, -0.25) is 0 Å². The summed E-state index contributed by atoms with van der Waals surface area (Å²) in [6.07, 6.45) is 9.96. The molecule has 0 aliphatic heterocycles. The standard InChI is InChI=1S/C18H23NO4/c20-17(21)16(18(22)23)12-19-15-10-8-14(9-11-15)13-6-4-2-1-3-5-7-13/h8-13,19H,1-7H2,(H,20,21)(H,22,23). The van der Waals surface area contributed by atoms with E-state index in [-0.39, 0.29) is 0 Å². The van der Waals surface area contributed by atoms with Gasteiger partial charge in [-0.05, 0) is 36.5 Å². The molecule has 1 aromatic carbocycles. The van der Waals surface area contributed by atoms with E-state index >= 15 is 0 Å². The van der Waals surface area contributed by atoms with E-state index in [9.17, 15) is 9.59 Å². The third kappa shape index (κ3) is 5.13. The summed E-state index contributed by atoms with van der Waals surface area (Å²) in [7, 11) is 0. The molecule has 1 aromatic rings. The number of hydrogen-bond acceptors (Lipinski definition) is 3. The van der Waals surface area contributed by atoms with Crippen molar-refractivity contribution in [1.29, 1.82) is 0 Å². The highest BCUT2D eigenvalue weighted by atomic mass is 16.4. The average molecular weight is 317 g/mol. The van der Waals surface area contributed by atoms with Gasteiger partial charge in [-0.1, -0.05) is 44.2 Å². The van der Waals surface area contributed by atoms with E-state index in [0.717, 1.165) is 6.20 Å². The van der Waals surface area contributed by atoms with E-state index in [0.29, 0.717) is 11.6 Å². The summed E-state index contributed by atoms with van der Waals surface area (Å²) in [4.78, 5) is 21.6. The predicted molar refractivity (Wildman–Crippen MR) is 88.5 cm³/mol. The zero-order valence-electron chi connectivity index (χ0n) is 13.1. The highest BCUT2D eigenvalue weighted by molar-refractivity contribution is 6.12. The van der Waals surface area contributed by atoms with Gasteiger partial charge in [0.2, 0.25) is 0 Å². The molecule has 0 aromatic heterocycles. The average Bonchev–Trinajstić information content (AvgIpc) is 2.47. The van der Waals surface area contributed by atoms with E-state index in [2.05, 4.69) is 5.32 Å². The molecule has 5 nitrogen and oxygen atoms in total. The number of aliphatic carboxylic acids is 2. The highest BCUT2D eigenvalue weighted by Gasteiger charge is 2.16. The lowest BCUT2D eigenvalue weighted by Crippen LogP contribution is -2.12. The maximum atomic E-state index is 10.8. The quantitative estimate of drug-likeness (QED) is 0.434. The van der Waals surface area contributed by atoms with Crippen LogP contribution < -0.4 is 5.32 Å². The number of carboxylic acid groups (broad SMARTS) is 2. The summed E-state index contributed by atoms with van der Waals surface area (Å²) >= 11 is 0. The molecule has 23 heavy (non-hydrogen) atoms. The molecule has 1 aliphatic carbocycles. The first-order valence-corrected chi connectivity index (χ1v) is 8.11. The Morgan fingerprint density at radius 3 is 1.96 bits per heavy atom. The lowest BCUT2D eigenvalue weighted by atomic mass is 9.86. The van der Waals surface area contributed by atoms with E-state index < -0.39 is 17.5 Å². The van der Waals surface area contributed by atoms with Crippen LogP contribution in [0.2, 0.25) is 0 Å². The van der Waals surface area contributed by atoms with Crippen LogP contribution in [0.25, 0.3) is 0 Å². The Labute approximate surface area is 136 Å². The molecule has 0 unspecified atom stereocenters. The fourth-order valence-electron chi connectivity index (χ4n) is 3.01. The number of carboxylic acids is 2. The summed E-state index contributed by atoms with van der Waals surface area (Å²) in [6.45, 7) is 0. The van der Waals surface area contributed by atoms with Gasteiger partial charge in [0.05, 0.1) is 0 Å². The summed E-state index contributed by atoms with van der Waals surface area (Å²) in [6, 6.07) is 7.82. The Hall–Kier alpha value is -2.30. The predicted octanol–water partition coefficient (Wildman–Crippen LogP) is 3.98. The zero-order chi connectivity index (χ0) is 16.7. The Bertz CT molecular complexity index is 553. The molecule has 5 heteroatoms. The number of anilines is 1. The highest BCUT2D eigenvalue weighted by Crippen LogP contribution is 2.31. The van der Waals surface area contributed by atoms with Crippen LogP contribution in [0.4, 0.5) is 5.69 Å². The van der Waals surface area contributed by atoms with Gasteiger partial charge in [0.1, 0.15) is 0 Å². The first kappa shape index (κ1) is 17.1. The maximum Gasteiger partial charge on any atom is 0.344 e. The Kier molecular flexibility index (Phi) is 6.20. The van der Waals surface area contributed by atoms with Crippen molar-refractivity contribution >= 4 is 17.6 Å². The number of rotatable bonds is 5. The Balaban J connectivity index is 2.02. The maximum absolute atomic E-state index is 10.8. The van der Waals surface area contributed by atoms with Gasteiger partial charge in [-0.25, -0.2) is 9.59 Å². The van der Waals surface area contributed by atoms with Gasteiger partial charge in [-0.2, -0.15) is 0 Å². The molecule has 0 bridgehead atoms. The van der Waals surface area contributed by atoms with E-state index in [4.69, 9.17) is 10.2 Å². The molecule has 0 radical (unpaired) electrons. The molecular formula is C18H23NO4. The van der Waals surface area contributed by atoms with Crippen LogP contribution in [0.15, 0.2) is 36.0 Å². The van der Waals surface area contributed by atoms with E-state index in [1.807, 2.05) is 24.3 Å². The van der Waals surface area contributed by atoms with Crippen molar-refractivity contribution in [2.24, 2.45) is 0 Å². The SMILES string of the molecule is O=C(O)C(=CNc1ccc(C2CCCCCCC2)cc1)C(=O)O.